The summed E-state index contributed by atoms with van der Waals surface area (Å²) in [6, 6.07) is 1.86. The third kappa shape index (κ3) is 2.29. The SMILES string of the molecule is C[C@@H]1[C@@H](CO)O[C@@H](c2cc(C(N)=S)c3c(N)ncnn23)C1(C)C. The standard InChI is InChI=1S/C15H21N5O2S/c1-7-10(5-21)22-12(15(7,2)3)9-4-8(14(17)23)11-13(16)18-6-19-20(9)11/h4,6-7,10,12,21H,5H2,1-3H3,(H2,17,23)(H2,16,18,19)/t7-,10-,12+/m1/s1. The van der Waals surface area contributed by atoms with Gasteiger partial charge in [-0.1, -0.05) is 33.0 Å². The maximum Gasteiger partial charge on any atom is 0.152 e. The normalized spacial score (nSPS) is 26.7. The second kappa shape index (κ2) is 5.40. The number of anilines is 1. The lowest BCUT2D eigenvalue weighted by Gasteiger charge is -2.28. The van der Waals surface area contributed by atoms with Gasteiger partial charge in [-0.05, 0) is 12.0 Å². The fourth-order valence-electron chi connectivity index (χ4n) is 3.30. The summed E-state index contributed by atoms with van der Waals surface area (Å²) in [5.74, 6) is 0.493. The van der Waals surface area contributed by atoms with E-state index in [0.29, 0.717) is 16.9 Å². The van der Waals surface area contributed by atoms with Crippen molar-refractivity contribution >= 4 is 28.5 Å². The molecule has 2 aromatic rings. The zero-order chi connectivity index (χ0) is 16.9. The minimum Gasteiger partial charge on any atom is -0.394 e. The molecule has 0 saturated carbocycles. The molecule has 0 bridgehead atoms. The highest BCUT2D eigenvalue weighted by Gasteiger charge is 2.49. The Labute approximate surface area is 139 Å². The first-order valence-corrected chi connectivity index (χ1v) is 7.88. The number of aliphatic hydroxyl groups excluding tert-OH is 1. The van der Waals surface area contributed by atoms with Crippen molar-refractivity contribution in [3.63, 3.8) is 0 Å². The van der Waals surface area contributed by atoms with Crippen LogP contribution in [0.5, 0.6) is 0 Å². The van der Waals surface area contributed by atoms with Gasteiger partial charge in [0.25, 0.3) is 0 Å². The van der Waals surface area contributed by atoms with Crippen molar-refractivity contribution < 1.29 is 9.84 Å². The molecule has 23 heavy (non-hydrogen) atoms. The number of hydrogen-bond donors (Lipinski definition) is 3. The molecule has 1 fully saturated rings. The Morgan fingerprint density at radius 2 is 2.22 bits per heavy atom. The smallest absolute Gasteiger partial charge is 0.152 e. The average Bonchev–Trinajstić information content (AvgIpc) is 2.97. The predicted molar refractivity (Wildman–Crippen MR) is 90.9 cm³/mol. The van der Waals surface area contributed by atoms with E-state index in [-0.39, 0.29) is 35.1 Å². The van der Waals surface area contributed by atoms with E-state index in [2.05, 4.69) is 30.9 Å². The van der Waals surface area contributed by atoms with Crippen molar-refractivity contribution in [2.75, 3.05) is 12.3 Å². The van der Waals surface area contributed by atoms with E-state index in [1.54, 1.807) is 4.52 Å². The Morgan fingerprint density at radius 1 is 1.52 bits per heavy atom. The molecule has 3 heterocycles. The summed E-state index contributed by atoms with van der Waals surface area (Å²) in [7, 11) is 0. The van der Waals surface area contributed by atoms with Crippen LogP contribution in [0.15, 0.2) is 12.4 Å². The summed E-state index contributed by atoms with van der Waals surface area (Å²) in [5, 5.41) is 13.9. The highest BCUT2D eigenvalue weighted by atomic mass is 32.1. The Morgan fingerprint density at radius 3 is 2.78 bits per heavy atom. The van der Waals surface area contributed by atoms with Crippen molar-refractivity contribution in [3.8, 4) is 0 Å². The van der Waals surface area contributed by atoms with E-state index in [9.17, 15) is 5.11 Å². The molecule has 7 nitrogen and oxygen atoms in total. The number of fused-ring (bicyclic) bond motifs is 1. The van der Waals surface area contributed by atoms with Gasteiger partial charge < -0.3 is 21.3 Å². The molecular formula is C15H21N5O2S. The molecular weight excluding hydrogens is 314 g/mol. The molecule has 1 saturated heterocycles. The van der Waals surface area contributed by atoms with Gasteiger partial charge in [0.05, 0.1) is 18.4 Å². The minimum absolute atomic E-state index is 0.0241. The molecule has 3 rings (SSSR count). The van der Waals surface area contributed by atoms with Crippen LogP contribution < -0.4 is 11.5 Å². The molecule has 8 heteroatoms. The molecule has 1 aliphatic heterocycles. The first-order valence-electron chi connectivity index (χ1n) is 7.47. The topological polar surface area (TPSA) is 112 Å². The van der Waals surface area contributed by atoms with Crippen LogP contribution in [0.3, 0.4) is 0 Å². The molecule has 0 amide bonds. The van der Waals surface area contributed by atoms with Crippen LogP contribution in [0.25, 0.3) is 5.52 Å². The van der Waals surface area contributed by atoms with Crippen LogP contribution in [-0.2, 0) is 4.74 Å². The summed E-state index contributed by atoms with van der Waals surface area (Å²) in [6.07, 6.45) is 0.900. The molecule has 0 spiro atoms. The van der Waals surface area contributed by atoms with Gasteiger partial charge in [0.2, 0.25) is 0 Å². The lowest BCUT2D eigenvalue weighted by Crippen LogP contribution is -2.27. The molecule has 3 atom stereocenters. The molecule has 124 valence electrons. The summed E-state index contributed by atoms with van der Waals surface area (Å²) < 4.78 is 7.80. The summed E-state index contributed by atoms with van der Waals surface area (Å²) >= 11 is 5.14. The second-order valence-electron chi connectivity index (χ2n) is 6.60. The van der Waals surface area contributed by atoms with Crippen LogP contribution in [0, 0.1) is 11.3 Å². The molecule has 1 aliphatic rings. The zero-order valence-electron chi connectivity index (χ0n) is 13.4. The Balaban J connectivity index is 2.21. The number of thiocarbonyl (C=S) groups is 1. The van der Waals surface area contributed by atoms with Crippen molar-refractivity contribution in [2.45, 2.75) is 33.0 Å². The van der Waals surface area contributed by atoms with Gasteiger partial charge in [0.15, 0.2) is 5.82 Å². The molecule has 2 aromatic heterocycles. The van der Waals surface area contributed by atoms with Crippen molar-refractivity contribution in [1.82, 2.24) is 14.6 Å². The molecule has 0 unspecified atom stereocenters. The average molecular weight is 335 g/mol. The van der Waals surface area contributed by atoms with Crippen molar-refractivity contribution in [2.24, 2.45) is 17.1 Å². The van der Waals surface area contributed by atoms with Gasteiger partial charge in [-0.3, -0.25) is 0 Å². The van der Waals surface area contributed by atoms with Gasteiger partial charge >= 0.3 is 0 Å². The predicted octanol–water partition coefficient (Wildman–Crippen LogP) is 1.04. The fourth-order valence-corrected chi connectivity index (χ4v) is 3.46. The van der Waals surface area contributed by atoms with E-state index >= 15 is 0 Å². The minimum atomic E-state index is -0.264. The quantitative estimate of drug-likeness (QED) is 0.719. The highest BCUT2D eigenvalue weighted by molar-refractivity contribution is 7.80. The molecule has 0 aromatic carbocycles. The van der Waals surface area contributed by atoms with Crippen molar-refractivity contribution in [1.29, 1.82) is 0 Å². The van der Waals surface area contributed by atoms with Gasteiger partial charge in [0, 0.05) is 11.0 Å². The number of ether oxygens (including phenoxy) is 1. The summed E-state index contributed by atoms with van der Waals surface area (Å²) in [6.45, 7) is 6.28. The van der Waals surface area contributed by atoms with Gasteiger partial charge in [0.1, 0.15) is 22.9 Å². The van der Waals surface area contributed by atoms with Crippen molar-refractivity contribution in [3.05, 3.63) is 23.7 Å². The molecule has 0 aliphatic carbocycles. The van der Waals surface area contributed by atoms with Gasteiger partial charge in [-0.15, -0.1) is 0 Å². The lowest BCUT2D eigenvalue weighted by molar-refractivity contribution is -0.0116. The third-order valence-corrected chi connectivity index (χ3v) is 5.26. The Bertz CT molecular complexity index is 773. The van der Waals surface area contributed by atoms with Crippen LogP contribution >= 0.6 is 12.2 Å². The largest absolute Gasteiger partial charge is 0.394 e. The zero-order valence-corrected chi connectivity index (χ0v) is 14.2. The Hall–Kier alpha value is -1.77. The first-order chi connectivity index (χ1) is 10.8. The number of aromatic nitrogens is 3. The van der Waals surface area contributed by atoms with E-state index in [1.807, 2.05) is 6.07 Å². The highest BCUT2D eigenvalue weighted by Crippen LogP contribution is 2.51. The van der Waals surface area contributed by atoms with Crippen LogP contribution in [-0.4, -0.2) is 37.4 Å². The van der Waals surface area contributed by atoms with E-state index < -0.39 is 0 Å². The van der Waals surface area contributed by atoms with Crippen LogP contribution in [0.2, 0.25) is 0 Å². The van der Waals surface area contributed by atoms with Crippen LogP contribution in [0.4, 0.5) is 5.82 Å². The number of nitrogens with two attached hydrogens (primary N) is 2. The van der Waals surface area contributed by atoms with E-state index in [4.69, 9.17) is 28.4 Å². The molecule has 0 radical (unpaired) electrons. The first kappa shape index (κ1) is 16.1. The summed E-state index contributed by atoms with van der Waals surface area (Å²) in [4.78, 5) is 4.26. The maximum atomic E-state index is 9.57. The summed E-state index contributed by atoms with van der Waals surface area (Å²) in [5.41, 5.74) is 13.7. The lowest BCUT2D eigenvalue weighted by atomic mass is 9.75. The fraction of sp³-hybridized carbons (Fsp3) is 0.533. The van der Waals surface area contributed by atoms with Crippen LogP contribution in [0.1, 0.15) is 38.1 Å². The third-order valence-electron chi connectivity index (χ3n) is 5.04. The monoisotopic (exact) mass is 335 g/mol. The number of nitrogens with zero attached hydrogens (tertiary/aromatic N) is 3. The second-order valence-corrected chi connectivity index (χ2v) is 7.04. The number of aliphatic hydroxyl groups is 1. The van der Waals surface area contributed by atoms with E-state index in [0.717, 1.165) is 5.69 Å². The number of hydrogen-bond acceptors (Lipinski definition) is 6. The number of nitrogen functional groups attached to an aromatic ring is 1. The molecule has 5 N–H and O–H groups in total. The Kier molecular flexibility index (Phi) is 3.78. The maximum absolute atomic E-state index is 9.57. The van der Waals surface area contributed by atoms with Gasteiger partial charge in [-0.25, -0.2) is 9.50 Å². The number of rotatable bonds is 3. The van der Waals surface area contributed by atoms with E-state index in [1.165, 1.54) is 6.33 Å². The van der Waals surface area contributed by atoms with Gasteiger partial charge in [-0.2, -0.15) is 5.10 Å².